The number of fused-ring (bicyclic) bond motifs is 1. The van der Waals surface area contributed by atoms with Crippen LogP contribution in [0.4, 0.5) is 0 Å². The number of carbonyl (C=O) groups excluding carboxylic acids is 2. The van der Waals surface area contributed by atoms with Crippen LogP contribution < -0.4 is 0 Å². The molecule has 0 bridgehead atoms. The lowest BCUT2D eigenvalue weighted by molar-refractivity contribution is -0.159. The van der Waals surface area contributed by atoms with E-state index in [4.69, 9.17) is 10.2 Å². The van der Waals surface area contributed by atoms with Crippen LogP contribution in [-0.4, -0.2) is 46.6 Å². The lowest BCUT2D eigenvalue weighted by Gasteiger charge is -2.05. The van der Waals surface area contributed by atoms with Gasteiger partial charge in [-0.1, -0.05) is 0 Å². The molecule has 2 aliphatic rings. The molecule has 0 unspecified atom stereocenters. The van der Waals surface area contributed by atoms with Gasteiger partial charge in [0, 0.05) is 0 Å². The quantitative estimate of drug-likeness (QED) is 0.396. The second-order valence-electron chi connectivity index (χ2n) is 2.69. The average molecular weight is 174 g/mol. The summed E-state index contributed by atoms with van der Waals surface area (Å²) in [5, 5.41) is 18.1. The van der Waals surface area contributed by atoms with E-state index in [0.717, 1.165) is 0 Å². The SMILES string of the molecule is O=C1O[C@@H]2[C@@H](OC(=O)[C@@H]2O)[C@@H]1O. The maximum absolute atomic E-state index is 10.7. The molecule has 2 heterocycles. The third-order valence-electron chi connectivity index (χ3n) is 1.93. The lowest BCUT2D eigenvalue weighted by Crippen LogP contribution is -2.31. The molecular weight excluding hydrogens is 168 g/mol. The van der Waals surface area contributed by atoms with Crippen LogP contribution in [0.1, 0.15) is 0 Å². The second-order valence-corrected chi connectivity index (χ2v) is 2.69. The maximum Gasteiger partial charge on any atom is 0.339 e. The van der Waals surface area contributed by atoms with Gasteiger partial charge in [0.15, 0.2) is 24.4 Å². The fourth-order valence-electron chi connectivity index (χ4n) is 1.30. The minimum atomic E-state index is -1.46. The highest BCUT2D eigenvalue weighted by Gasteiger charge is 2.57. The molecule has 2 aliphatic heterocycles. The largest absolute Gasteiger partial charge is 0.453 e. The summed E-state index contributed by atoms with van der Waals surface area (Å²) < 4.78 is 8.99. The zero-order valence-electron chi connectivity index (χ0n) is 5.84. The number of aliphatic hydroxyl groups excluding tert-OH is 2. The molecule has 6 heteroatoms. The van der Waals surface area contributed by atoms with Crippen molar-refractivity contribution in [1.29, 1.82) is 0 Å². The predicted molar refractivity (Wildman–Crippen MR) is 31.8 cm³/mol. The molecule has 4 atom stereocenters. The van der Waals surface area contributed by atoms with E-state index in [2.05, 4.69) is 9.47 Å². The van der Waals surface area contributed by atoms with Crippen molar-refractivity contribution in [2.24, 2.45) is 0 Å². The van der Waals surface area contributed by atoms with Gasteiger partial charge in [0.2, 0.25) is 0 Å². The van der Waals surface area contributed by atoms with Gasteiger partial charge in [-0.2, -0.15) is 0 Å². The second kappa shape index (κ2) is 2.18. The molecule has 0 aliphatic carbocycles. The molecule has 0 radical (unpaired) electrons. The summed E-state index contributed by atoms with van der Waals surface area (Å²) in [5.41, 5.74) is 0. The number of esters is 2. The Morgan fingerprint density at radius 3 is 1.58 bits per heavy atom. The van der Waals surface area contributed by atoms with Crippen molar-refractivity contribution < 1.29 is 29.3 Å². The van der Waals surface area contributed by atoms with Crippen molar-refractivity contribution in [2.75, 3.05) is 0 Å². The number of carbonyl (C=O) groups is 2. The van der Waals surface area contributed by atoms with Gasteiger partial charge in [-0.3, -0.25) is 0 Å². The first-order chi connectivity index (χ1) is 5.61. The van der Waals surface area contributed by atoms with E-state index in [1.165, 1.54) is 0 Å². The van der Waals surface area contributed by atoms with Crippen LogP contribution in [0.2, 0.25) is 0 Å². The molecule has 2 saturated heterocycles. The smallest absolute Gasteiger partial charge is 0.339 e. The van der Waals surface area contributed by atoms with Gasteiger partial charge in [0.25, 0.3) is 0 Å². The highest BCUT2D eigenvalue weighted by molar-refractivity contribution is 5.85. The Balaban J connectivity index is 2.24. The van der Waals surface area contributed by atoms with Gasteiger partial charge in [-0.25, -0.2) is 9.59 Å². The van der Waals surface area contributed by atoms with E-state index in [-0.39, 0.29) is 0 Å². The average Bonchev–Trinajstić information content (AvgIpc) is 2.43. The Hall–Kier alpha value is -1.14. The van der Waals surface area contributed by atoms with E-state index in [1.54, 1.807) is 0 Å². The normalized spacial score (nSPS) is 45.5. The van der Waals surface area contributed by atoms with E-state index in [1.807, 2.05) is 0 Å². The van der Waals surface area contributed by atoms with Gasteiger partial charge < -0.3 is 19.7 Å². The predicted octanol–water partition coefficient (Wildman–Crippen LogP) is -2.44. The highest BCUT2D eigenvalue weighted by Crippen LogP contribution is 2.28. The molecule has 2 fully saturated rings. The van der Waals surface area contributed by atoms with Crippen LogP contribution in [0, 0.1) is 0 Å². The van der Waals surface area contributed by atoms with Crippen molar-refractivity contribution in [3.63, 3.8) is 0 Å². The standard InChI is InChI=1S/C6H6O6/c7-1-3-4(12-5(1)9)2(8)6(10)11-3/h1-4,7-8H/t1-,2+,3-,4-/m0/s1. The zero-order chi connectivity index (χ0) is 8.88. The number of ether oxygens (including phenoxy) is 2. The van der Waals surface area contributed by atoms with Crippen molar-refractivity contribution in [2.45, 2.75) is 24.4 Å². The van der Waals surface area contributed by atoms with Crippen LogP contribution in [0.15, 0.2) is 0 Å². The molecule has 0 amide bonds. The first-order valence-electron chi connectivity index (χ1n) is 3.38. The van der Waals surface area contributed by atoms with Crippen LogP contribution >= 0.6 is 0 Å². The summed E-state index contributed by atoms with van der Waals surface area (Å²) in [6.45, 7) is 0. The molecule has 0 aromatic heterocycles. The molecule has 2 N–H and O–H groups in total. The molecular formula is C6H6O6. The number of aliphatic hydroxyl groups is 2. The monoisotopic (exact) mass is 174 g/mol. The Morgan fingerprint density at radius 2 is 1.25 bits per heavy atom. The van der Waals surface area contributed by atoms with Gasteiger partial charge >= 0.3 is 11.9 Å². The number of hydrogen-bond acceptors (Lipinski definition) is 6. The van der Waals surface area contributed by atoms with Crippen LogP contribution in [0.5, 0.6) is 0 Å². The first kappa shape index (κ1) is 7.51. The van der Waals surface area contributed by atoms with E-state index < -0.39 is 36.4 Å². The lowest BCUT2D eigenvalue weighted by atomic mass is 10.1. The summed E-state index contributed by atoms with van der Waals surface area (Å²) in [4.78, 5) is 21.3. The van der Waals surface area contributed by atoms with Crippen molar-refractivity contribution >= 4 is 11.9 Å². The first-order valence-corrected chi connectivity index (χ1v) is 3.38. The van der Waals surface area contributed by atoms with Crippen LogP contribution in [0.3, 0.4) is 0 Å². The van der Waals surface area contributed by atoms with Crippen LogP contribution in [-0.2, 0) is 19.1 Å². The van der Waals surface area contributed by atoms with Gasteiger partial charge in [-0.15, -0.1) is 0 Å². The van der Waals surface area contributed by atoms with E-state index in [0.29, 0.717) is 0 Å². The Morgan fingerprint density at radius 1 is 0.917 bits per heavy atom. The summed E-state index contributed by atoms with van der Waals surface area (Å²) in [6, 6.07) is 0. The molecule has 0 aromatic carbocycles. The third-order valence-corrected chi connectivity index (χ3v) is 1.93. The fourth-order valence-corrected chi connectivity index (χ4v) is 1.30. The van der Waals surface area contributed by atoms with Crippen molar-refractivity contribution in [3.05, 3.63) is 0 Å². The molecule has 6 nitrogen and oxygen atoms in total. The zero-order valence-corrected chi connectivity index (χ0v) is 5.84. The van der Waals surface area contributed by atoms with Gasteiger partial charge in [0.05, 0.1) is 0 Å². The molecule has 12 heavy (non-hydrogen) atoms. The summed E-state index contributed by atoms with van der Waals surface area (Å²) in [7, 11) is 0. The molecule has 66 valence electrons. The van der Waals surface area contributed by atoms with Crippen molar-refractivity contribution in [1.82, 2.24) is 0 Å². The Bertz CT molecular complexity index is 222. The van der Waals surface area contributed by atoms with Gasteiger partial charge in [0.1, 0.15) is 0 Å². The summed E-state index contributed by atoms with van der Waals surface area (Å²) in [6.07, 6.45) is -5.01. The molecule has 0 spiro atoms. The Labute approximate surface area is 66.7 Å². The topological polar surface area (TPSA) is 93.1 Å². The van der Waals surface area contributed by atoms with E-state index in [9.17, 15) is 9.59 Å². The van der Waals surface area contributed by atoms with Gasteiger partial charge in [-0.05, 0) is 0 Å². The molecule has 2 rings (SSSR count). The summed E-state index contributed by atoms with van der Waals surface area (Å²) >= 11 is 0. The molecule has 0 aromatic rings. The molecule has 0 saturated carbocycles. The van der Waals surface area contributed by atoms with Crippen LogP contribution in [0.25, 0.3) is 0 Å². The number of rotatable bonds is 0. The maximum atomic E-state index is 10.7. The Kier molecular flexibility index (Phi) is 1.36. The number of hydrogen-bond donors (Lipinski definition) is 2. The minimum Gasteiger partial charge on any atom is -0.453 e. The van der Waals surface area contributed by atoms with Crippen molar-refractivity contribution in [3.8, 4) is 0 Å². The highest BCUT2D eigenvalue weighted by atomic mass is 16.7. The minimum absolute atomic E-state index is 0.864. The third kappa shape index (κ3) is 0.759. The van der Waals surface area contributed by atoms with E-state index >= 15 is 0 Å². The summed E-state index contributed by atoms with van der Waals surface area (Å²) in [5.74, 6) is -1.73. The fraction of sp³-hybridized carbons (Fsp3) is 0.667.